The fourth-order valence-electron chi connectivity index (χ4n) is 7.37. The highest BCUT2D eigenvalue weighted by atomic mass is 16.3. The average Bonchev–Trinajstić information content (AvgIpc) is 3.65. The molecular formula is C42H24O2. The summed E-state index contributed by atoms with van der Waals surface area (Å²) in [5.74, 6) is 0. The lowest BCUT2D eigenvalue weighted by molar-refractivity contribution is 0.664. The van der Waals surface area contributed by atoms with Gasteiger partial charge in [-0.15, -0.1) is 0 Å². The second-order valence-electron chi connectivity index (χ2n) is 11.6. The van der Waals surface area contributed by atoms with Gasteiger partial charge in [-0.1, -0.05) is 115 Å². The third kappa shape index (κ3) is 3.20. The SMILES string of the molecule is c1ccc(-c2c3ccccc3c(-c3ccc4c(c3)oc3ccc5oc6c7ccccc7ccc6c5c34)c3ccccc23)cc1. The molecule has 0 radical (unpaired) electrons. The Labute approximate surface area is 252 Å². The van der Waals surface area contributed by atoms with E-state index in [1.165, 1.54) is 43.6 Å². The van der Waals surface area contributed by atoms with Crippen LogP contribution < -0.4 is 0 Å². The number of hydrogen-bond donors (Lipinski definition) is 0. The van der Waals surface area contributed by atoms with Gasteiger partial charge in [0.25, 0.3) is 0 Å². The van der Waals surface area contributed by atoms with Gasteiger partial charge >= 0.3 is 0 Å². The summed E-state index contributed by atoms with van der Waals surface area (Å²) >= 11 is 0. The maximum Gasteiger partial charge on any atom is 0.143 e. The molecule has 0 atom stereocenters. The Kier molecular flexibility index (Phi) is 4.75. The Morgan fingerprint density at radius 1 is 0.318 bits per heavy atom. The average molecular weight is 561 g/mol. The quantitative estimate of drug-likeness (QED) is 0.197. The Bertz CT molecular complexity index is 2700. The van der Waals surface area contributed by atoms with E-state index in [4.69, 9.17) is 8.83 Å². The van der Waals surface area contributed by atoms with Crippen LogP contribution >= 0.6 is 0 Å². The Hall–Kier alpha value is -5.86. The lowest BCUT2D eigenvalue weighted by Gasteiger charge is -2.17. The first kappa shape index (κ1) is 23.7. The van der Waals surface area contributed by atoms with E-state index in [9.17, 15) is 0 Å². The van der Waals surface area contributed by atoms with Crippen molar-refractivity contribution in [1.29, 1.82) is 0 Å². The number of fused-ring (bicyclic) bond motifs is 11. The zero-order valence-corrected chi connectivity index (χ0v) is 23.7. The summed E-state index contributed by atoms with van der Waals surface area (Å²) in [6.07, 6.45) is 0. The molecule has 10 aromatic rings. The predicted octanol–water partition coefficient (Wildman–Crippen LogP) is 12.3. The van der Waals surface area contributed by atoms with Gasteiger partial charge in [-0.25, -0.2) is 0 Å². The summed E-state index contributed by atoms with van der Waals surface area (Å²) in [6, 6.07) is 51.8. The van der Waals surface area contributed by atoms with E-state index in [1.54, 1.807) is 0 Å². The molecule has 2 heterocycles. The van der Waals surface area contributed by atoms with Gasteiger partial charge in [-0.2, -0.15) is 0 Å². The summed E-state index contributed by atoms with van der Waals surface area (Å²) in [7, 11) is 0. The Balaban J connectivity index is 1.27. The normalized spacial score (nSPS) is 12.1. The van der Waals surface area contributed by atoms with Crippen LogP contribution in [0, 0.1) is 0 Å². The van der Waals surface area contributed by atoms with Crippen LogP contribution in [0.5, 0.6) is 0 Å². The summed E-state index contributed by atoms with van der Waals surface area (Å²) < 4.78 is 13.1. The number of benzene rings is 8. The third-order valence-corrected chi connectivity index (χ3v) is 9.24. The monoisotopic (exact) mass is 560 g/mol. The van der Waals surface area contributed by atoms with Crippen LogP contribution in [0.25, 0.3) is 98.4 Å². The molecule has 0 aliphatic rings. The number of furan rings is 2. The smallest absolute Gasteiger partial charge is 0.143 e. The topological polar surface area (TPSA) is 26.3 Å². The van der Waals surface area contributed by atoms with Gasteiger partial charge in [0, 0.05) is 26.9 Å². The van der Waals surface area contributed by atoms with E-state index in [1.807, 2.05) is 12.1 Å². The van der Waals surface area contributed by atoms with E-state index in [2.05, 4.69) is 133 Å². The first-order chi connectivity index (χ1) is 21.8. The van der Waals surface area contributed by atoms with Crippen molar-refractivity contribution < 1.29 is 8.83 Å². The standard InChI is InChI=1S/C42H24O2/c1-2-11-26(12-3-1)38-29-14-6-8-16-31(29)39(32-17-9-7-15-30(32)38)27-19-20-33-37(24-27)43-35-22-23-36-41(40(33)35)34-21-18-25-10-4-5-13-28(25)42(34)44-36/h1-24H. The molecule has 0 unspecified atom stereocenters. The molecule has 2 nitrogen and oxygen atoms in total. The van der Waals surface area contributed by atoms with Crippen molar-refractivity contribution in [3.05, 3.63) is 146 Å². The van der Waals surface area contributed by atoms with Crippen molar-refractivity contribution in [2.45, 2.75) is 0 Å². The van der Waals surface area contributed by atoms with Crippen LogP contribution in [0.4, 0.5) is 0 Å². The Morgan fingerprint density at radius 3 is 1.57 bits per heavy atom. The van der Waals surface area contributed by atoms with E-state index in [0.717, 1.165) is 54.8 Å². The van der Waals surface area contributed by atoms with Gasteiger partial charge in [0.1, 0.15) is 22.3 Å². The van der Waals surface area contributed by atoms with Crippen molar-refractivity contribution in [3.63, 3.8) is 0 Å². The van der Waals surface area contributed by atoms with Crippen LogP contribution in [0.3, 0.4) is 0 Å². The minimum atomic E-state index is 0.870. The van der Waals surface area contributed by atoms with Gasteiger partial charge in [0.05, 0.1) is 0 Å². The molecule has 0 amide bonds. The summed E-state index contributed by atoms with van der Waals surface area (Å²) in [5.41, 5.74) is 8.41. The molecule has 2 heteroatoms. The van der Waals surface area contributed by atoms with Gasteiger partial charge in [-0.3, -0.25) is 0 Å². The van der Waals surface area contributed by atoms with Crippen LogP contribution in [-0.4, -0.2) is 0 Å². The van der Waals surface area contributed by atoms with Crippen LogP contribution in [0.1, 0.15) is 0 Å². The fourth-order valence-corrected chi connectivity index (χ4v) is 7.37. The predicted molar refractivity (Wildman–Crippen MR) is 184 cm³/mol. The largest absolute Gasteiger partial charge is 0.456 e. The number of rotatable bonds is 2. The van der Waals surface area contributed by atoms with Gasteiger partial charge in [0.15, 0.2) is 0 Å². The van der Waals surface area contributed by atoms with E-state index in [0.29, 0.717) is 0 Å². The molecule has 0 fully saturated rings. The van der Waals surface area contributed by atoms with Crippen LogP contribution in [0.2, 0.25) is 0 Å². The molecule has 44 heavy (non-hydrogen) atoms. The van der Waals surface area contributed by atoms with Crippen molar-refractivity contribution in [1.82, 2.24) is 0 Å². The molecule has 0 aliphatic heterocycles. The van der Waals surface area contributed by atoms with Crippen molar-refractivity contribution >= 4 is 76.2 Å². The first-order valence-corrected chi connectivity index (χ1v) is 15.0. The zero-order chi connectivity index (χ0) is 28.8. The molecule has 0 N–H and O–H groups in total. The highest BCUT2D eigenvalue weighted by Gasteiger charge is 2.20. The minimum absolute atomic E-state index is 0.870. The molecule has 204 valence electrons. The van der Waals surface area contributed by atoms with Crippen molar-refractivity contribution in [2.24, 2.45) is 0 Å². The van der Waals surface area contributed by atoms with E-state index >= 15 is 0 Å². The lowest BCUT2D eigenvalue weighted by Crippen LogP contribution is -1.90. The van der Waals surface area contributed by atoms with E-state index in [-0.39, 0.29) is 0 Å². The summed E-state index contributed by atoms with van der Waals surface area (Å²) in [6.45, 7) is 0. The lowest BCUT2D eigenvalue weighted by atomic mass is 9.86. The molecule has 0 bridgehead atoms. The highest BCUT2D eigenvalue weighted by molar-refractivity contribution is 6.29. The third-order valence-electron chi connectivity index (χ3n) is 9.24. The molecule has 10 rings (SSSR count). The molecule has 0 aliphatic carbocycles. The Morgan fingerprint density at radius 2 is 0.864 bits per heavy atom. The molecule has 0 saturated heterocycles. The fraction of sp³-hybridized carbons (Fsp3) is 0. The van der Waals surface area contributed by atoms with Crippen LogP contribution in [-0.2, 0) is 0 Å². The molecular weight excluding hydrogens is 536 g/mol. The summed E-state index contributed by atoms with van der Waals surface area (Å²) in [5, 5.41) is 11.7. The molecule has 2 aromatic heterocycles. The van der Waals surface area contributed by atoms with Crippen LogP contribution in [0.15, 0.2) is 154 Å². The second-order valence-corrected chi connectivity index (χ2v) is 11.6. The summed E-state index contributed by atoms with van der Waals surface area (Å²) in [4.78, 5) is 0. The molecule has 0 spiro atoms. The van der Waals surface area contributed by atoms with Gasteiger partial charge < -0.3 is 8.83 Å². The van der Waals surface area contributed by atoms with Gasteiger partial charge in [0.2, 0.25) is 0 Å². The zero-order valence-electron chi connectivity index (χ0n) is 23.7. The van der Waals surface area contributed by atoms with E-state index < -0.39 is 0 Å². The minimum Gasteiger partial charge on any atom is -0.456 e. The first-order valence-electron chi connectivity index (χ1n) is 15.0. The van der Waals surface area contributed by atoms with Crippen molar-refractivity contribution in [2.75, 3.05) is 0 Å². The van der Waals surface area contributed by atoms with Gasteiger partial charge in [-0.05, 0) is 79.5 Å². The molecule has 8 aromatic carbocycles. The van der Waals surface area contributed by atoms with Crippen molar-refractivity contribution in [3.8, 4) is 22.3 Å². The highest BCUT2D eigenvalue weighted by Crippen LogP contribution is 2.46. The maximum atomic E-state index is 6.60. The molecule has 0 saturated carbocycles. The second kappa shape index (κ2) is 8.82. The number of hydrogen-bond acceptors (Lipinski definition) is 2. The maximum absolute atomic E-state index is 6.60.